The van der Waals surface area contributed by atoms with Crippen LogP contribution in [0.3, 0.4) is 0 Å². The molecule has 0 amide bonds. The van der Waals surface area contributed by atoms with Gasteiger partial charge in [-0.3, -0.25) is 0 Å². The van der Waals surface area contributed by atoms with E-state index in [2.05, 4.69) is 135 Å². The van der Waals surface area contributed by atoms with Gasteiger partial charge in [-0.05, 0) is 36.1 Å². The molecule has 0 nitrogen and oxygen atoms in total. The van der Waals surface area contributed by atoms with Gasteiger partial charge in [0.15, 0.2) is 0 Å². The molecule has 29 heavy (non-hydrogen) atoms. The van der Waals surface area contributed by atoms with Crippen LogP contribution in [0, 0.1) is 0 Å². The molecule has 1 heteroatoms. The van der Waals surface area contributed by atoms with Gasteiger partial charge in [0.25, 0.3) is 0 Å². The van der Waals surface area contributed by atoms with Crippen LogP contribution in [0.15, 0.2) is 121 Å². The Balaban J connectivity index is 1.91. The van der Waals surface area contributed by atoms with E-state index in [1.807, 2.05) is 11.8 Å². The third-order valence-electron chi connectivity index (χ3n) is 5.71. The summed E-state index contributed by atoms with van der Waals surface area (Å²) in [7, 11) is 0. The van der Waals surface area contributed by atoms with Gasteiger partial charge in [-0.2, -0.15) is 0 Å². The Morgan fingerprint density at radius 2 is 0.586 bits per heavy atom. The minimum atomic E-state index is -0.205. The highest BCUT2D eigenvalue weighted by Gasteiger charge is 2.40. The number of benzene rings is 4. The van der Waals surface area contributed by atoms with Crippen LogP contribution in [0.2, 0.25) is 0 Å². The fourth-order valence-corrected chi connectivity index (χ4v) is 5.83. The lowest BCUT2D eigenvalue weighted by molar-refractivity contribution is 0.774. The minimum absolute atomic E-state index is 0.205. The largest absolute Gasteiger partial charge is 0.130 e. The summed E-state index contributed by atoms with van der Waals surface area (Å²) in [5.74, 6) is 0. The third kappa shape index (κ3) is 3.88. The molecule has 0 saturated heterocycles. The first-order chi connectivity index (χ1) is 14.1. The molecule has 0 aliphatic heterocycles. The second-order valence-electron chi connectivity index (χ2n) is 7.63. The van der Waals surface area contributed by atoms with Crippen molar-refractivity contribution in [2.45, 2.75) is 23.3 Å². The van der Waals surface area contributed by atoms with Crippen LogP contribution < -0.4 is 0 Å². The van der Waals surface area contributed by atoms with Crippen LogP contribution in [0.25, 0.3) is 0 Å². The van der Waals surface area contributed by atoms with Crippen molar-refractivity contribution in [2.24, 2.45) is 0 Å². The van der Waals surface area contributed by atoms with E-state index in [1.165, 1.54) is 22.3 Å². The molecule has 0 radical (unpaired) electrons. The first-order valence-corrected chi connectivity index (χ1v) is 10.9. The standard InChI is InChI=1S/C28H26S/c1-27(23-15-7-3-8-16-23,24-17-9-4-10-18-24)29-28(2,25-19-11-5-12-20-25)26-21-13-6-14-22-26/h3-22H,1-2H3. The Morgan fingerprint density at radius 1 is 0.379 bits per heavy atom. The summed E-state index contributed by atoms with van der Waals surface area (Å²) in [6, 6.07) is 43.4. The zero-order chi connectivity index (χ0) is 20.2. The van der Waals surface area contributed by atoms with Gasteiger partial charge in [0.05, 0.1) is 9.49 Å². The van der Waals surface area contributed by atoms with E-state index in [9.17, 15) is 0 Å². The molecule has 0 saturated carbocycles. The number of thioether (sulfide) groups is 1. The maximum Gasteiger partial charge on any atom is 0.0641 e. The lowest BCUT2D eigenvalue weighted by atomic mass is 9.91. The molecule has 144 valence electrons. The normalized spacial score (nSPS) is 11.9. The molecular formula is C28H26S. The number of rotatable bonds is 6. The monoisotopic (exact) mass is 394 g/mol. The van der Waals surface area contributed by atoms with Crippen molar-refractivity contribution >= 4 is 11.8 Å². The molecule has 0 spiro atoms. The topological polar surface area (TPSA) is 0 Å². The summed E-state index contributed by atoms with van der Waals surface area (Å²) in [6.45, 7) is 4.71. The quantitative estimate of drug-likeness (QED) is 0.324. The molecular weight excluding hydrogens is 368 g/mol. The highest BCUT2D eigenvalue weighted by atomic mass is 32.2. The van der Waals surface area contributed by atoms with Crippen LogP contribution in [-0.4, -0.2) is 0 Å². The van der Waals surface area contributed by atoms with Crippen molar-refractivity contribution in [1.82, 2.24) is 0 Å². The summed E-state index contributed by atoms with van der Waals surface area (Å²) in [6.07, 6.45) is 0. The second-order valence-corrected chi connectivity index (χ2v) is 9.47. The molecule has 0 aromatic heterocycles. The second kappa shape index (κ2) is 8.31. The highest BCUT2D eigenvalue weighted by Crippen LogP contribution is 2.55. The smallest absolute Gasteiger partial charge is 0.0641 e. The average Bonchev–Trinajstić information content (AvgIpc) is 2.81. The molecule has 0 atom stereocenters. The van der Waals surface area contributed by atoms with Gasteiger partial charge in [0.2, 0.25) is 0 Å². The van der Waals surface area contributed by atoms with Gasteiger partial charge >= 0.3 is 0 Å². The van der Waals surface area contributed by atoms with Crippen LogP contribution in [0.1, 0.15) is 36.1 Å². The number of hydrogen-bond acceptors (Lipinski definition) is 1. The minimum Gasteiger partial charge on any atom is -0.130 e. The molecule has 0 aliphatic rings. The van der Waals surface area contributed by atoms with Crippen molar-refractivity contribution in [3.63, 3.8) is 0 Å². The van der Waals surface area contributed by atoms with E-state index in [0.717, 1.165) is 0 Å². The Morgan fingerprint density at radius 3 is 0.793 bits per heavy atom. The van der Waals surface area contributed by atoms with Gasteiger partial charge in [0.1, 0.15) is 0 Å². The molecule has 4 aromatic carbocycles. The number of hydrogen-bond donors (Lipinski definition) is 0. The van der Waals surface area contributed by atoms with Crippen LogP contribution in [-0.2, 0) is 9.49 Å². The molecule has 0 aliphatic carbocycles. The maximum atomic E-state index is 2.35. The fraction of sp³-hybridized carbons (Fsp3) is 0.143. The molecule has 4 rings (SSSR count). The Kier molecular flexibility index (Phi) is 5.60. The predicted molar refractivity (Wildman–Crippen MR) is 126 cm³/mol. The zero-order valence-electron chi connectivity index (χ0n) is 17.0. The summed E-state index contributed by atoms with van der Waals surface area (Å²) in [5, 5.41) is 0. The van der Waals surface area contributed by atoms with E-state index in [-0.39, 0.29) is 9.49 Å². The lowest BCUT2D eigenvalue weighted by Gasteiger charge is -2.41. The van der Waals surface area contributed by atoms with Gasteiger partial charge in [-0.1, -0.05) is 121 Å². The summed E-state index contributed by atoms with van der Waals surface area (Å²) >= 11 is 2.01. The molecule has 0 fully saturated rings. The summed E-state index contributed by atoms with van der Waals surface area (Å²) in [4.78, 5) is 0. The van der Waals surface area contributed by atoms with Crippen LogP contribution in [0.5, 0.6) is 0 Å². The molecule has 0 unspecified atom stereocenters. The first kappa shape index (κ1) is 19.5. The lowest BCUT2D eigenvalue weighted by Crippen LogP contribution is -2.30. The van der Waals surface area contributed by atoms with E-state index in [0.29, 0.717) is 0 Å². The Bertz CT molecular complexity index is 859. The van der Waals surface area contributed by atoms with Crippen molar-refractivity contribution in [1.29, 1.82) is 0 Å². The van der Waals surface area contributed by atoms with Crippen molar-refractivity contribution < 1.29 is 0 Å². The predicted octanol–water partition coefficient (Wildman–Crippen LogP) is 7.65. The zero-order valence-corrected chi connectivity index (χ0v) is 17.8. The molecule has 0 heterocycles. The first-order valence-electron chi connectivity index (χ1n) is 10.1. The third-order valence-corrected chi connectivity index (χ3v) is 7.47. The highest BCUT2D eigenvalue weighted by molar-refractivity contribution is 8.01. The fourth-order valence-electron chi connectivity index (χ4n) is 4.00. The van der Waals surface area contributed by atoms with Gasteiger partial charge in [0, 0.05) is 0 Å². The van der Waals surface area contributed by atoms with Gasteiger partial charge < -0.3 is 0 Å². The van der Waals surface area contributed by atoms with E-state index >= 15 is 0 Å². The van der Waals surface area contributed by atoms with Gasteiger partial charge in [-0.25, -0.2) is 0 Å². The van der Waals surface area contributed by atoms with Crippen molar-refractivity contribution in [3.8, 4) is 0 Å². The molecule has 0 bridgehead atoms. The van der Waals surface area contributed by atoms with E-state index < -0.39 is 0 Å². The average molecular weight is 395 g/mol. The van der Waals surface area contributed by atoms with Crippen molar-refractivity contribution in [3.05, 3.63) is 144 Å². The van der Waals surface area contributed by atoms with Gasteiger partial charge in [-0.15, -0.1) is 11.8 Å². The summed E-state index contributed by atoms with van der Waals surface area (Å²) < 4.78 is -0.411. The van der Waals surface area contributed by atoms with Crippen LogP contribution in [0.4, 0.5) is 0 Å². The maximum absolute atomic E-state index is 2.35. The van der Waals surface area contributed by atoms with Crippen molar-refractivity contribution in [2.75, 3.05) is 0 Å². The Labute approximate surface area is 178 Å². The molecule has 0 N–H and O–H groups in total. The van der Waals surface area contributed by atoms with E-state index in [4.69, 9.17) is 0 Å². The summed E-state index contributed by atoms with van der Waals surface area (Å²) in [5.41, 5.74) is 5.26. The molecule has 4 aromatic rings. The van der Waals surface area contributed by atoms with E-state index in [1.54, 1.807) is 0 Å². The SMILES string of the molecule is CC(SC(C)(c1ccccc1)c1ccccc1)(c1ccccc1)c1ccccc1. The van der Waals surface area contributed by atoms with Crippen LogP contribution >= 0.6 is 11.8 Å². The Hall–Kier alpha value is -2.77.